The van der Waals surface area contributed by atoms with Gasteiger partial charge < -0.3 is 14.7 Å². The maximum Gasteiger partial charge on any atom is 0.311 e. The second-order valence-electron chi connectivity index (χ2n) is 5.94. The Morgan fingerprint density at radius 1 is 1.41 bits per heavy atom. The second kappa shape index (κ2) is 6.28. The number of hydrogen-bond donors (Lipinski definition) is 1. The van der Waals surface area contributed by atoms with E-state index in [4.69, 9.17) is 4.74 Å². The predicted molar refractivity (Wildman–Crippen MR) is 86.1 cm³/mol. The van der Waals surface area contributed by atoms with E-state index in [9.17, 15) is 14.7 Å². The van der Waals surface area contributed by atoms with Crippen LogP contribution in [0.3, 0.4) is 0 Å². The van der Waals surface area contributed by atoms with E-state index in [1.807, 2.05) is 13.8 Å². The van der Waals surface area contributed by atoms with Gasteiger partial charge >= 0.3 is 5.97 Å². The van der Waals surface area contributed by atoms with E-state index in [-0.39, 0.29) is 18.4 Å². The number of aliphatic carboxylic acids is 1. The number of carbonyl (C=O) groups excluding carboxylic acids is 1. The van der Waals surface area contributed by atoms with E-state index < -0.39 is 11.4 Å². The molecule has 1 atom stereocenters. The Balaban J connectivity index is 2.21. The number of carboxylic acid groups (broad SMARTS) is 1. The molecule has 0 spiro atoms. The molecule has 0 aliphatic carbocycles. The fourth-order valence-corrected chi connectivity index (χ4v) is 3.42. The van der Waals surface area contributed by atoms with Gasteiger partial charge in [0, 0.05) is 18.7 Å². The first-order valence-electron chi connectivity index (χ1n) is 7.18. The largest absolute Gasteiger partial charge is 0.496 e. The van der Waals surface area contributed by atoms with Crippen molar-refractivity contribution in [3.05, 3.63) is 28.2 Å². The number of methoxy groups -OCH3 is 1. The number of benzene rings is 1. The van der Waals surface area contributed by atoms with Gasteiger partial charge in [0.05, 0.1) is 17.0 Å². The summed E-state index contributed by atoms with van der Waals surface area (Å²) in [5.41, 5.74) is -0.322. The first-order chi connectivity index (χ1) is 10.3. The molecule has 120 valence electrons. The van der Waals surface area contributed by atoms with Gasteiger partial charge in [0.15, 0.2) is 0 Å². The second-order valence-corrected chi connectivity index (χ2v) is 6.80. The summed E-state index contributed by atoms with van der Waals surface area (Å²) in [5, 5.41) is 9.55. The standard InChI is InChI=1S/C16H20BrNO4/c1-10(2)16(15(20)21)6-7-18(9-16)14(19)11-4-5-13(22-3)12(17)8-11/h4-5,8,10H,6-7,9H2,1-3H3,(H,20,21). The van der Waals surface area contributed by atoms with Crippen molar-refractivity contribution in [2.24, 2.45) is 11.3 Å². The zero-order chi connectivity index (χ0) is 16.5. The zero-order valence-corrected chi connectivity index (χ0v) is 14.5. The molecule has 6 heteroatoms. The molecule has 1 amide bonds. The Hall–Kier alpha value is -1.56. The number of carboxylic acids is 1. The van der Waals surface area contributed by atoms with Gasteiger partial charge in [-0.3, -0.25) is 9.59 Å². The quantitative estimate of drug-likeness (QED) is 0.885. The summed E-state index contributed by atoms with van der Waals surface area (Å²) >= 11 is 3.36. The van der Waals surface area contributed by atoms with Crippen LogP contribution >= 0.6 is 15.9 Å². The van der Waals surface area contributed by atoms with Gasteiger partial charge in [0.2, 0.25) is 0 Å². The molecule has 1 aliphatic rings. The highest BCUT2D eigenvalue weighted by atomic mass is 79.9. The molecule has 1 unspecified atom stereocenters. The summed E-state index contributed by atoms with van der Waals surface area (Å²) in [4.78, 5) is 25.9. The van der Waals surface area contributed by atoms with Gasteiger partial charge in [-0.05, 0) is 46.5 Å². The number of hydrogen-bond acceptors (Lipinski definition) is 3. The third-order valence-electron chi connectivity index (χ3n) is 4.52. The summed E-state index contributed by atoms with van der Waals surface area (Å²) in [6.45, 7) is 4.51. The van der Waals surface area contributed by atoms with Crippen molar-refractivity contribution in [3.63, 3.8) is 0 Å². The van der Waals surface area contributed by atoms with Crippen LogP contribution in [-0.4, -0.2) is 42.1 Å². The lowest BCUT2D eigenvalue weighted by molar-refractivity contribution is -0.150. The van der Waals surface area contributed by atoms with Crippen molar-refractivity contribution in [1.82, 2.24) is 4.90 Å². The fraction of sp³-hybridized carbons (Fsp3) is 0.500. The topological polar surface area (TPSA) is 66.8 Å². The van der Waals surface area contributed by atoms with Gasteiger partial charge in [-0.25, -0.2) is 0 Å². The lowest BCUT2D eigenvalue weighted by Crippen LogP contribution is -2.40. The lowest BCUT2D eigenvalue weighted by Gasteiger charge is -2.28. The Morgan fingerprint density at radius 2 is 2.09 bits per heavy atom. The average molecular weight is 370 g/mol. The van der Waals surface area contributed by atoms with Crippen LogP contribution in [0.4, 0.5) is 0 Å². The zero-order valence-electron chi connectivity index (χ0n) is 12.9. The summed E-state index contributed by atoms with van der Waals surface area (Å²) in [6.07, 6.45) is 0.489. The van der Waals surface area contributed by atoms with Gasteiger partial charge in [0.1, 0.15) is 5.75 Å². The third-order valence-corrected chi connectivity index (χ3v) is 5.14. The molecule has 1 N–H and O–H groups in total. The van der Waals surface area contributed by atoms with E-state index in [0.29, 0.717) is 28.8 Å². The highest BCUT2D eigenvalue weighted by Crippen LogP contribution is 2.39. The molecule has 0 saturated carbocycles. The van der Waals surface area contributed by atoms with Crippen LogP contribution in [-0.2, 0) is 4.79 Å². The van der Waals surface area contributed by atoms with Crippen LogP contribution in [0.1, 0.15) is 30.6 Å². The van der Waals surface area contributed by atoms with E-state index >= 15 is 0 Å². The molecule has 0 aromatic heterocycles. The number of ether oxygens (including phenoxy) is 1. The number of rotatable bonds is 4. The molecule has 1 fully saturated rings. The van der Waals surface area contributed by atoms with Crippen molar-refractivity contribution in [3.8, 4) is 5.75 Å². The molecule has 1 aromatic rings. The SMILES string of the molecule is COc1ccc(C(=O)N2CCC(C(=O)O)(C(C)C)C2)cc1Br. The minimum absolute atomic E-state index is 0.0228. The molecule has 1 heterocycles. The Bertz CT molecular complexity index is 602. The third kappa shape index (κ3) is 2.84. The Morgan fingerprint density at radius 3 is 2.55 bits per heavy atom. The van der Waals surface area contributed by atoms with E-state index in [1.54, 1.807) is 30.2 Å². The van der Waals surface area contributed by atoms with Crippen molar-refractivity contribution in [1.29, 1.82) is 0 Å². The summed E-state index contributed by atoms with van der Waals surface area (Å²) in [5.74, 6) is -0.341. The van der Waals surface area contributed by atoms with Crippen LogP contribution in [0.25, 0.3) is 0 Å². The summed E-state index contributed by atoms with van der Waals surface area (Å²) in [7, 11) is 1.56. The van der Waals surface area contributed by atoms with Crippen molar-refractivity contribution in [2.75, 3.05) is 20.2 Å². The maximum atomic E-state index is 12.6. The highest BCUT2D eigenvalue weighted by molar-refractivity contribution is 9.10. The van der Waals surface area contributed by atoms with E-state index in [2.05, 4.69) is 15.9 Å². The normalized spacial score (nSPS) is 21.2. The number of nitrogens with zero attached hydrogens (tertiary/aromatic N) is 1. The van der Waals surface area contributed by atoms with E-state index in [0.717, 1.165) is 0 Å². The maximum absolute atomic E-state index is 12.6. The molecule has 0 radical (unpaired) electrons. The molecule has 0 bridgehead atoms. The summed E-state index contributed by atoms with van der Waals surface area (Å²) < 4.78 is 5.85. The van der Waals surface area contributed by atoms with Crippen LogP contribution in [0.2, 0.25) is 0 Å². The van der Waals surface area contributed by atoms with Crippen molar-refractivity contribution < 1.29 is 19.4 Å². The predicted octanol–water partition coefficient (Wildman–Crippen LogP) is 3.03. The van der Waals surface area contributed by atoms with Gasteiger partial charge in [-0.1, -0.05) is 13.8 Å². The van der Waals surface area contributed by atoms with E-state index in [1.165, 1.54) is 0 Å². The molecule has 1 aliphatic heterocycles. The number of carbonyl (C=O) groups is 2. The van der Waals surface area contributed by atoms with Crippen LogP contribution in [0.5, 0.6) is 5.75 Å². The van der Waals surface area contributed by atoms with Crippen LogP contribution < -0.4 is 4.74 Å². The molecular formula is C16H20BrNO4. The number of amides is 1. The monoisotopic (exact) mass is 369 g/mol. The number of halogens is 1. The molecule has 22 heavy (non-hydrogen) atoms. The fourth-order valence-electron chi connectivity index (χ4n) is 2.88. The van der Waals surface area contributed by atoms with Crippen molar-refractivity contribution in [2.45, 2.75) is 20.3 Å². The Labute approximate surface area is 138 Å². The number of likely N-dealkylation sites (tertiary alicyclic amines) is 1. The molecule has 1 saturated heterocycles. The minimum atomic E-state index is -0.848. The highest BCUT2D eigenvalue weighted by Gasteiger charge is 2.48. The molecule has 5 nitrogen and oxygen atoms in total. The molecular weight excluding hydrogens is 350 g/mol. The molecule has 2 rings (SSSR count). The lowest BCUT2D eigenvalue weighted by atomic mass is 9.76. The first-order valence-corrected chi connectivity index (χ1v) is 7.97. The molecule has 1 aromatic carbocycles. The van der Waals surface area contributed by atoms with Crippen molar-refractivity contribution >= 4 is 27.8 Å². The van der Waals surface area contributed by atoms with Gasteiger partial charge in [0.25, 0.3) is 5.91 Å². The van der Waals surface area contributed by atoms with Gasteiger partial charge in [-0.2, -0.15) is 0 Å². The smallest absolute Gasteiger partial charge is 0.311 e. The minimum Gasteiger partial charge on any atom is -0.496 e. The summed E-state index contributed by atoms with van der Waals surface area (Å²) in [6, 6.07) is 5.12. The average Bonchev–Trinajstić information content (AvgIpc) is 2.93. The van der Waals surface area contributed by atoms with Gasteiger partial charge in [-0.15, -0.1) is 0 Å². The van der Waals surface area contributed by atoms with Crippen LogP contribution in [0.15, 0.2) is 22.7 Å². The Kier molecular flexibility index (Phi) is 4.80. The first kappa shape index (κ1) is 16.8. The van der Waals surface area contributed by atoms with Crippen LogP contribution in [0, 0.1) is 11.3 Å².